The average molecular weight is 395 g/mol. The van der Waals surface area contributed by atoms with E-state index in [0.717, 1.165) is 22.4 Å². The molecule has 142 valence electrons. The van der Waals surface area contributed by atoms with Crippen LogP contribution in [0.2, 0.25) is 0 Å². The highest BCUT2D eigenvalue weighted by Gasteiger charge is 2.18. The summed E-state index contributed by atoms with van der Waals surface area (Å²) in [6.07, 6.45) is 5.79. The molecule has 0 saturated carbocycles. The second-order valence-electron chi connectivity index (χ2n) is 8.45. The van der Waals surface area contributed by atoms with Crippen molar-refractivity contribution in [3.63, 3.8) is 0 Å². The lowest BCUT2D eigenvalue weighted by atomic mass is 9.82. The molecule has 0 spiro atoms. The van der Waals surface area contributed by atoms with Gasteiger partial charge in [-0.2, -0.15) is 0 Å². The van der Waals surface area contributed by atoms with Gasteiger partial charge in [0.1, 0.15) is 0 Å². The summed E-state index contributed by atoms with van der Waals surface area (Å²) in [7, 11) is 0. The van der Waals surface area contributed by atoms with Gasteiger partial charge < -0.3 is 0 Å². The number of aromatic nitrogens is 2. The zero-order valence-electron chi connectivity index (χ0n) is 16.8. The molecule has 3 aromatic heterocycles. The predicted molar refractivity (Wildman–Crippen MR) is 124 cm³/mol. The number of fused-ring (bicyclic) bond motifs is 2. The molecule has 0 fully saturated rings. The van der Waals surface area contributed by atoms with Gasteiger partial charge in [0, 0.05) is 39.8 Å². The minimum atomic E-state index is 0.0553. The molecule has 0 aliphatic carbocycles. The van der Waals surface area contributed by atoms with Gasteiger partial charge in [-0.3, -0.25) is 9.97 Å². The van der Waals surface area contributed by atoms with E-state index in [9.17, 15) is 0 Å². The van der Waals surface area contributed by atoms with Crippen molar-refractivity contribution >= 4 is 32.2 Å². The zero-order valence-corrected chi connectivity index (χ0v) is 17.6. The topological polar surface area (TPSA) is 25.8 Å². The summed E-state index contributed by atoms with van der Waals surface area (Å²) < 4.78 is 1.27. The minimum Gasteiger partial charge on any atom is -0.263 e. The fourth-order valence-electron chi connectivity index (χ4n) is 3.93. The van der Waals surface area contributed by atoms with Crippen LogP contribution in [0.25, 0.3) is 43.2 Å². The second kappa shape index (κ2) is 6.78. The predicted octanol–water partition coefficient (Wildman–Crippen LogP) is 7.48. The molecule has 0 saturated heterocycles. The van der Waals surface area contributed by atoms with Crippen molar-refractivity contribution in [2.45, 2.75) is 26.2 Å². The minimum absolute atomic E-state index is 0.0553. The van der Waals surface area contributed by atoms with Gasteiger partial charge >= 0.3 is 0 Å². The Balaban J connectivity index is 1.70. The van der Waals surface area contributed by atoms with Crippen LogP contribution in [-0.2, 0) is 5.41 Å². The molecule has 0 unspecified atom stereocenters. The molecular weight excluding hydrogens is 372 g/mol. The Morgan fingerprint density at radius 2 is 1.69 bits per heavy atom. The fourth-order valence-corrected chi connectivity index (χ4v) is 4.84. The van der Waals surface area contributed by atoms with Crippen molar-refractivity contribution in [2.75, 3.05) is 0 Å². The summed E-state index contributed by atoms with van der Waals surface area (Å²) in [4.78, 5) is 9.15. The summed E-state index contributed by atoms with van der Waals surface area (Å²) in [5.74, 6) is 0. The first-order valence-corrected chi connectivity index (χ1v) is 10.7. The van der Waals surface area contributed by atoms with Crippen LogP contribution >= 0.6 is 11.3 Å². The highest BCUT2D eigenvalue weighted by molar-refractivity contribution is 7.17. The molecule has 29 heavy (non-hydrogen) atoms. The van der Waals surface area contributed by atoms with Gasteiger partial charge in [0.25, 0.3) is 0 Å². The van der Waals surface area contributed by atoms with Crippen LogP contribution in [-0.4, -0.2) is 9.97 Å². The van der Waals surface area contributed by atoms with Crippen LogP contribution in [0.15, 0.2) is 78.6 Å². The Morgan fingerprint density at radius 1 is 0.828 bits per heavy atom. The van der Waals surface area contributed by atoms with Crippen molar-refractivity contribution in [3.8, 4) is 22.4 Å². The van der Waals surface area contributed by atoms with E-state index in [2.05, 4.69) is 85.7 Å². The third kappa shape index (κ3) is 3.22. The van der Waals surface area contributed by atoms with E-state index in [1.54, 1.807) is 11.3 Å². The SMILES string of the molecule is CC(C)(C)c1cc(-c2cc(-c3cncc4ccsc34)ccn2)cc2ccccc12. The van der Waals surface area contributed by atoms with Crippen LogP contribution in [0.5, 0.6) is 0 Å². The van der Waals surface area contributed by atoms with E-state index < -0.39 is 0 Å². The monoisotopic (exact) mass is 394 g/mol. The van der Waals surface area contributed by atoms with Gasteiger partial charge in [0.15, 0.2) is 0 Å². The summed E-state index contributed by atoms with van der Waals surface area (Å²) in [6.45, 7) is 6.81. The Labute approximate surface area is 174 Å². The summed E-state index contributed by atoms with van der Waals surface area (Å²) in [5, 5.41) is 5.87. The van der Waals surface area contributed by atoms with Crippen molar-refractivity contribution in [2.24, 2.45) is 0 Å². The summed E-state index contributed by atoms with van der Waals surface area (Å²) >= 11 is 1.76. The van der Waals surface area contributed by atoms with Crippen LogP contribution in [0, 0.1) is 0 Å². The van der Waals surface area contributed by atoms with Crippen LogP contribution in [0.1, 0.15) is 26.3 Å². The molecule has 0 radical (unpaired) electrons. The van der Waals surface area contributed by atoms with E-state index in [1.165, 1.54) is 26.4 Å². The van der Waals surface area contributed by atoms with Crippen LogP contribution in [0.3, 0.4) is 0 Å². The maximum absolute atomic E-state index is 4.72. The molecule has 0 aliphatic heterocycles. The second-order valence-corrected chi connectivity index (χ2v) is 9.37. The number of rotatable bonds is 2. The summed E-state index contributed by atoms with van der Waals surface area (Å²) in [5.41, 5.74) is 5.87. The van der Waals surface area contributed by atoms with Crippen molar-refractivity contribution in [1.29, 1.82) is 0 Å². The normalized spacial score (nSPS) is 12.0. The smallest absolute Gasteiger partial charge is 0.0708 e. The van der Waals surface area contributed by atoms with Gasteiger partial charge in [-0.05, 0) is 63.0 Å². The zero-order chi connectivity index (χ0) is 20.0. The quantitative estimate of drug-likeness (QED) is 0.310. The Hall–Kier alpha value is -3.04. The number of thiophene rings is 1. The third-order valence-corrected chi connectivity index (χ3v) is 6.36. The largest absolute Gasteiger partial charge is 0.263 e. The molecular formula is C26H22N2S. The maximum atomic E-state index is 4.72. The molecule has 5 rings (SSSR count). The van der Waals surface area contributed by atoms with Crippen molar-refractivity contribution < 1.29 is 0 Å². The van der Waals surface area contributed by atoms with Crippen LogP contribution in [0.4, 0.5) is 0 Å². The molecule has 0 N–H and O–H groups in total. The lowest BCUT2D eigenvalue weighted by Crippen LogP contribution is -2.12. The molecule has 3 heterocycles. The summed E-state index contributed by atoms with van der Waals surface area (Å²) in [6, 6.07) is 19.6. The number of nitrogens with zero attached hydrogens (tertiary/aromatic N) is 2. The highest BCUT2D eigenvalue weighted by Crippen LogP contribution is 2.36. The van der Waals surface area contributed by atoms with E-state index in [-0.39, 0.29) is 5.41 Å². The molecule has 5 aromatic rings. The Bertz CT molecular complexity index is 1340. The molecule has 3 heteroatoms. The molecule has 2 aromatic carbocycles. The molecule has 2 nitrogen and oxygen atoms in total. The van der Waals surface area contributed by atoms with E-state index in [0.29, 0.717) is 0 Å². The van der Waals surface area contributed by atoms with Gasteiger partial charge in [-0.15, -0.1) is 11.3 Å². The first-order valence-electron chi connectivity index (χ1n) is 9.82. The lowest BCUT2D eigenvalue weighted by Gasteiger charge is -2.22. The van der Waals surface area contributed by atoms with E-state index in [4.69, 9.17) is 4.98 Å². The molecule has 0 atom stereocenters. The Morgan fingerprint density at radius 3 is 2.55 bits per heavy atom. The molecule has 0 bridgehead atoms. The first kappa shape index (κ1) is 18.0. The Kier molecular flexibility index (Phi) is 4.21. The van der Waals surface area contributed by atoms with Gasteiger partial charge in [0.2, 0.25) is 0 Å². The lowest BCUT2D eigenvalue weighted by molar-refractivity contribution is 0.596. The fraction of sp³-hybridized carbons (Fsp3) is 0.154. The van der Waals surface area contributed by atoms with Gasteiger partial charge in [0.05, 0.1) is 5.69 Å². The number of pyridine rings is 2. The average Bonchev–Trinajstić information content (AvgIpc) is 3.21. The standard InChI is InChI=1S/C26H22N2S/c1-26(2,3)23-13-20(12-17-6-4-5-7-21(17)23)24-14-18(8-10-28-24)22-16-27-15-19-9-11-29-25(19)22/h4-16H,1-3H3. The molecule has 0 amide bonds. The highest BCUT2D eigenvalue weighted by atomic mass is 32.1. The molecule has 0 aliphatic rings. The third-order valence-electron chi connectivity index (χ3n) is 5.39. The van der Waals surface area contributed by atoms with Crippen molar-refractivity contribution in [3.05, 3.63) is 84.1 Å². The van der Waals surface area contributed by atoms with E-state index in [1.807, 2.05) is 18.6 Å². The maximum Gasteiger partial charge on any atom is 0.0708 e. The van der Waals surface area contributed by atoms with E-state index >= 15 is 0 Å². The van der Waals surface area contributed by atoms with Crippen molar-refractivity contribution in [1.82, 2.24) is 9.97 Å². The number of hydrogen-bond donors (Lipinski definition) is 0. The first-order chi connectivity index (χ1) is 14.0. The number of benzene rings is 2. The number of hydrogen-bond acceptors (Lipinski definition) is 3. The van der Waals surface area contributed by atoms with Gasteiger partial charge in [-0.25, -0.2) is 0 Å². The van der Waals surface area contributed by atoms with Crippen LogP contribution < -0.4 is 0 Å². The van der Waals surface area contributed by atoms with Gasteiger partial charge in [-0.1, -0.05) is 45.0 Å².